The normalized spacial score (nSPS) is 18.1. The van der Waals surface area contributed by atoms with Crippen molar-refractivity contribution in [2.24, 2.45) is 5.92 Å². The number of fused-ring (bicyclic) bond motifs is 3. The van der Waals surface area contributed by atoms with Crippen LogP contribution in [-0.4, -0.2) is 34.1 Å². The minimum absolute atomic E-state index is 0. The zero-order chi connectivity index (χ0) is 19.3. The molecule has 8 heteroatoms. The van der Waals surface area contributed by atoms with Crippen molar-refractivity contribution >= 4 is 34.2 Å². The van der Waals surface area contributed by atoms with Gasteiger partial charge in [-0.25, -0.2) is 9.37 Å². The highest BCUT2D eigenvalue weighted by Crippen LogP contribution is 2.38. The molecular weight excluding hydrogens is 394 g/mol. The fourth-order valence-electron chi connectivity index (χ4n) is 4.08. The maximum absolute atomic E-state index is 14.1. The summed E-state index contributed by atoms with van der Waals surface area (Å²) in [5, 5.41) is 0.886. The van der Waals surface area contributed by atoms with E-state index in [1.54, 1.807) is 17.6 Å². The highest BCUT2D eigenvalue weighted by atomic mass is 35.5. The number of aryl methyl sites for hydroxylation is 1. The minimum atomic E-state index is -4.57. The third-order valence-corrected chi connectivity index (χ3v) is 5.47. The first kappa shape index (κ1) is 20.9. The Bertz CT molecular complexity index is 1010. The van der Waals surface area contributed by atoms with E-state index in [0.717, 1.165) is 25.7 Å². The first-order chi connectivity index (χ1) is 12.8. The summed E-state index contributed by atoms with van der Waals surface area (Å²) in [4.78, 5) is 5.88. The van der Waals surface area contributed by atoms with Crippen LogP contribution in [-0.2, 0) is 12.7 Å². The van der Waals surface area contributed by atoms with Crippen LogP contribution in [0.4, 0.5) is 17.6 Å². The van der Waals surface area contributed by atoms with E-state index >= 15 is 0 Å². The minimum Gasteiger partial charge on any atom is -0.337 e. The van der Waals surface area contributed by atoms with Gasteiger partial charge in [0, 0.05) is 42.1 Å². The van der Waals surface area contributed by atoms with E-state index in [9.17, 15) is 17.6 Å². The largest absolute Gasteiger partial charge is 0.435 e. The van der Waals surface area contributed by atoms with Gasteiger partial charge < -0.3 is 9.47 Å². The first-order valence-electron chi connectivity index (χ1n) is 9.12. The fourth-order valence-corrected chi connectivity index (χ4v) is 4.08. The highest BCUT2D eigenvalue weighted by molar-refractivity contribution is 6.09. The van der Waals surface area contributed by atoms with Crippen LogP contribution in [0.25, 0.3) is 21.8 Å². The molecule has 0 amide bonds. The van der Waals surface area contributed by atoms with Gasteiger partial charge in [0.1, 0.15) is 5.82 Å². The second kappa shape index (κ2) is 7.52. The van der Waals surface area contributed by atoms with Crippen LogP contribution in [0.2, 0.25) is 0 Å². The highest BCUT2D eigenvalue weighted by Gasteiger charge is 2.36. The summed E-state index contributed by atoms with van der Waals surface area (Å²) < 4.78 is 56.7. The summed E-state index contributed by atoms with van der Waals surface area (Å²) >= 11 is 0. The molecule has 0 N–H and O–H groups in total. The third-order valence-electron chi connectivity index (χ3n) is 5.47. The number of halogens is 5. The average Bonchev–Trinajstić information content (AvgIpc) is 3.14. The number of hydrogen-bond acceptors (Lipinski definition) is 2. The van der Waals surface area contributed by atoms with Crippen molar-refractivity contribution in [1.82, 2.24) is 14.5 Å². The average molecular weight is 416 g/mol. The molecule has 3 aromatic rings. The van der Waals surface area contributed by atoms with Gasteiger partial charge in [-0.15, -0.1) is 12.4 Å². The Kier molecular flexibility index (Phi) is 5.60. The van der Waals surface area contributed by atoms with Gasteiger partial charge in [0.15, 0.2) is 5.69 Å². The third kappa shape index (κ3) is 3.57. The van der Waals surface area contributed by atoms with Crippen LogP contribution in [0.15, 0.2) is 24.4 Å². The second-order valence-electron chi connectivity index (χ2n) is 7.52. The van der Waals surface area contributed by atoms with E-state index < -0.39 is 17.7 Å². The predicted octanol–water partition coefficient (Wildman–Crippen LogP) is 5.42. The first-order valence-corrected chi connectivity index (χ1v) is 9.12. The Morgan fingerprint density at radius 2 is 1.93 bits per heavy atom. The number of rotatable bonds is 3. The lowest BCUT2D eigenvalue weighted by Gasteiger charge is -2.18. The summed E-state index contributed by atoms with van der Waals surface area (Å²) in [6, 6.07) is 4.51. The Morgan fingerprint density at radius 1 is 1.18 bits per heavy atom. The number of aromatic nitrogens is 2. The predicted molar refractivity (Wildman–Crippen MR) is 104 cm³/mol. The lowest BCUT2D eigenvalue weighted by atomic mass is 10.1. The zero-order valence-electron chi connectivity index (χ0n) is 15.7. The van der Waals surface area contributed by atoms with Crippen LogP contribution >= 0.6 is 12.4 Å². The summed E-state index contributed by atoms with van der Waals surface area (Å²) in [5.74, 6) is 0.187. The molecular formula is C20H22ClF4N3. The Morgan fingerprint density at radius 3 is 2.57 bits per heavy atom. The van der Waals surface area contributed by atoms with Crippen LogP contribution < -0.4 is 0 Å². The van der Waals surface area contributed by atoms with Crippen LogP contribution in [0.3, 0.4) is 0 Å². The second-order valence-corrected chi connectivity index (χ2v) is 7.52. The van der Waals surface area contributed by atoms with Crippen molar-refractivity contribution in [3.05, 3.63) is 41.5 Å². The summed E-state index contributed by atoms with van der Waals surface area (Å²) in [6.45, 7) is 6.78. The van der Waals surface area contributed by atoms with Crippen molar-refractivity contribution in [2.75, 3.05) is 19.6 Å². The molecule has 1 fully saturated rings. The molecule has 1 atom stereocenters. The molecule has 1 aliphatic rings. The van der Waals surface area contributed by atoms with Crippen LogP contribution in [0.1, 0.15) is 24.6 Å². The van der Waals surface area contributed by atoms with Gasteiger partial charge in [0.2, 0.25) is 0 Å². The molecule has 0 bridgehead atoms. The number of benzene rings is 1. The number of hydrogen-bond donors (Lipinski definition) is 0. The van der Waals surface area contributed by atoms with Crippen molar-refractivity contribution in [3.8, 4) is 0 Å². The summed E-state index contributed by atoms with van der Waals surface area (Å²) in [6.07, 6.45) is -2.32. The van der Waals surface area contributed by atoms with Gasteiger partial charge in [0.05, 0.1) is 5.52 Å². The molecule has 4 rings (SSSR count). The molecule has 2 aromatic heterocycles. The number of likely N-dealkylation sites (tertiary alicyclic amines) is 1. The van der Waals surface area contributed by atoms with Crippen molar-refractivity contribution < 1.29 is 17.6 Å². The zero-order valence-corrected chi connectivity index (χ0v) is 16.5. The van der Waals surface area contributed by atoms with E-state index in [0.29, 0.717) is 40.9 Å². The molecule has 28 heavy (non-hydrogen) atoms. The molecule has 3 nitrogen and oxygen atoms in total. The van der Waals surface area contributed by atoms with E-state index in [2.05, 4.69) is 16.8 Å². The van der Waals surface area contributed by atoms with Crippen molar-refractivity contribution in [1.29, 1.82) is 0 Å². The van der Waals surface area contributed by atoms with Gasteiger partial charge in [-0.2, -0.15) is 13.2 Å². The molecule has 1 aliphatic heterocycles. The maximum atomic E-state index is 14.1. The van der Waals surface area contributed by atoms with Gasteiger partial charge >= 0.3 is 6.18 Å². The van der Waals surface area contributed by atoms with Gasteiger partial charge in [-0.3, -0.25) is 0 Å². The standard InChI is InChI=1S/C20H21F4N3.ClH/c1-12-4-6-26(11-12)7-8-27-17-9-13(2)16(21)10-15(17)14-3-5-25-19(18(14)27)20(22,23)24;/h3,5,9-10,12H,4,6-8,11H2,1-2H3;1H. The van der Waals surface area contributed by atoms with Crippen LogP contribution in [0.5, 0.6) is 0 Å². The number of pyridine rings is 1. The van der Waals surface area contributed by atoms with Gasteiger partial charge in [-0.1, -0.05) is 6.92 Å². The quantitative estimate of drug-likeness (QED) is 0.532. The van der Waals surface area contributed by atoms with Gasteiger partial charge in [-0.05, 0) is 49.6 Å². The molecule has 1 unspecified atom stereocenters. The SMILES string of the molecule is Cc1cc2c(cc1F)c1ccnc(C(F)(F)F)c1n2CCN1CCC(C)C1.Cl. The molecule has 0 saturated carbocycles. The molecule has 152 valence electrons. The van der Waals surface area contributed by atoms with Crippen molar-refractivity contribution in [2.45, 2.75) is 33.0 Å². The van der Waals surface area contributed by atoms with E-state index in [1.165, 1.54) is 12.1 Å². The molecule has 0 radical (unpaired) electrons. The Labute approximate surface area is 166 Å². The Hall–Kier alpha value is -1.86. The van der Waals surface area contributed by atoms with Crippen molar-refractivity contribution in [3.63, 3.8) is 0 Å². The molecule has 3 heterocycles. The van der Waals surface area contributed by atoms with E-state index in [1.807, 2.05) is 0 Å². The molecule has 1 aromatic carbocycles. The molecule has 1 saturated heterocycles. The molecule has 0 aliphatic carbocycles. The lowest BCUT2D eigenvalue weighted by molar-refractivity contribution is -0.140. The van der Waals surface area contributed by atoms with Gasteiger partial charge in [0.25, 0.3) is 0 Å². The molecule has 0 spiro atoms. The lowest BCUT2D eigenvalue weighted by Crippen LogP contribution is -2.25. The van der Waals surface area contributed by atoms with E-state index in [-0.39, 0.29) is 17.9 Å². The topological polar surface area (TPSA) is 21.1 Å². The number of nitrogens with zero attached hydrogens (tertiary/aromatic N) is 3. The fraction of sp³-hybridized carbons (Fsp3) is 0.450. The monoisotopic (exact) mass is 415 g/mol. The smallest absolute Gasteiger partial charge is 0.337 e. The van der Waals surface area contributed by atoms with Crippen LogP contribution in [0, 0.1) is 18.7 Å². The van der Waals surface area contributed by atoms with E-state index in [4.69, 9.17) is 0 Å². The Balaban J connectivity index is 0.00000225. The summed E-state index contributed by atoms with van der Waals surface area (Å²) in [5.41, 5.74) is 0.166. The maximum Gasteiger partial charge on any atom is 0.435 e. The summed E-state index contributed by atoms with van der Waals surface area (Å²) in [7, 11) is 0. The number of alkyl halides is 3.